The molecular weight excluding hydrogens is 384 g/mol. The van der Waals surface area contributed by atoms with E-state index in [2.05, 4.69) is 0 Å². The fraction of sp³-hybridized carbons (Fsp3) is 0.200. The molecule has 0 saturated carbocycles. The number of hydrogen-bond acceptors (Lipinski definition) is 7. The Labute approximate surface area is 156 Å². The summed E-state index contributed by atoms with van der Waals surface area (Å²) >= 11 is 5.92. The van der Waals surface area contributed by atoms with Crippen molar-refractivity contribution >= 4 is 57.9 Å². The van der Waals surface area contributed by atoms with Crippen LogP contribution >= 0.6 is 24.0 Å². The predicted molar refractivity (Wildman–Crippen MR) is 96.4 cm³/mol. The van der Waals surface area contributed by atoms with Gasteiger partial charge in [-0.3, -0.25) is 24.6 Å². The lowest BCUT2D eigenvalue weighted by Crippen LogP contribution is -2.44. The molecule has 0 bridgehead atoms. The predicted octanol–water partition coefficient (Wildman–Crippen LogP) is 2.11. The van der Waals surface area contributed by atoms with E-state index in [0.717, 1.165) is 16.7 Å². The van der Waals surface area contributed by atoms with E-state index in [0.29, 0.717) is 5.56 Å². The molecule has 0 radical (unpaired) electrons. The number of amides is 1. The molecule has 1 amide bonds. The van der Waals surface area contributed by atoms with E-state index in [4.69, 9.17) is 17.3 Å². The number of carboxylic acid groups (broad SMARTS) is 2. The van der Waals surface area contributed by atoms with E-state index < -0.39 is 35.2 Å². The molecule has 9 nitrogen and oxygen atoms in total. The van der Waals surface area contributed by atoms with Crippen LogP contribution in [0.4, 0.5) is 5.69 Å². The highest BCUT2D eigenvalue weighted by molar-refractivity contribution is 8.26. The minimum atomic E-state index is -1.39. The van der Waals surface area contributed by atoms with Gasteiger partial charge in [-0.25, -0.2) is 4.79 Å². The summed E-state index contributed by atoms with van der Waals surface area (Å²) in [4.78, 5) is 45.9. The summed E-state index contributed by atoms with van der Waals surface area (Å²) in [5.74, 6) is -3.22. The first kappa shape index (κ1) is 19.5. The molecule has 26 heavy (non-hydrogen) atoms. The second-order valence-electron chi connectivity index (χ2n) is 5.19. The summed E-state index contributed by atoms with van der Waals surface area (Å²) in [7, 11) is 0. The summed E-state index contributed by atoms with van der Waals surface area (Å²) in [5.41, 5.74) is 0.233. The zero-order chi connectivity index (χ0) is 19.4. The third kappa shape index (κ3) is 4.43. The maximum Gasteiger partial charge on any atom is 0.326 e. The van der Waals surface area contributed by atoms with Crippen molar-refractivity contribution < 1.29 is 29.5 Å². The van der Waals surface area contributed by atoms with Crippen LogP contribution in [-0.4, -0.2) is 48.2 Å². The Morgan fingerprint density at radius 1 is 1.38 bits per heavy atom. The standard InChI is InChI=1S/C15H12N2O7S2/c18-12(19)5-4-10(14(21)22)16-13(20)11(26-15(16)25)7-8-2-1-3-9(6-8)17(23)24/h1-3,6-7,10H,4-5H2,(H,18,19)(H,21,22)/b11-7-. The number of aliphatic carboxylic acids is 2. The molecule has 136 valence electrons. The number of nitrogens with zero attached hydrogens (tertiary/aromatic N) is 2. The minimum Gasteiger partial charge on any atom is -0.481 e. The van der Waals surface area contributed by atoms with Crippen molar-refractivity contribution in [3.63, 3.8) is 0 Å². The van der Waals surface area contributed by atoms with Crippen LogP contribution in [0.25, 0.3) is 6.08 Å². The molecular formula is C15H12N2O7S2. The Kier molecular flexibility index (Phi) is 6.05. The molecule has 1 heterocycles. The smallest absolute Gasteiger partial charge is 0.326 e. The van der Waals surface area contributed by atoms with Crippen LogP contribution in [0.3, 0.4) is 0 Å². The highest BCUT2D eigenvalue weighted by Crippen LogP contribution is 2.35. The van der Waals surface area contributed by atoms with Gasteiger partial charge in [-0.15, -0.1) is 0 Å². The number of nitro groups is 1. The monoisotopic (exact) mass is 396 g/mol. The number of thioether (sulfide) groups is 1. The Balaban J connectivity index is 2.29. The largest absolute Gasteiger partial charge is 0.481 e. The van der Waals surface area contributed by atoms with Gasteiger partial charge in [-0.1, -0.05) is 36.1 Å². The van der Waals surface area contributed by atoms with Gasteiger partial charge >= 0.3 is 11.9 Å². The van der Waals surface area contributed by atoms with E-state index in [1.165, 1.54) is 24.3 Å². The van der Waals surface area contributed by atoms with Gasteiger partial charge in [0.15, 0.2) is 0 Å². The average molecular weight is 396 g/mol. The van der Waals surface area contributed by atoms with Crippen LogP contribution in [0.2, 0.25) is 0 Å². The van der Waals surface area contributed by atoms with E-state index in [1.54, 1.807) is 6.07 Å². The van der Waals surface area contributed by atoms with Crippen LogP contribution in [-0.2, 0) is 14.4 Å². The number of hydrogen-bond donors (Lipinski definition) is 2. The molecule has 1 aliphatic rings. The van der Waals surface area contributed by atoms with Crippen molar-refractivity contribution in [2.24, 2.45) is 0 Å². The average Bonchev–Trinajstić information content (AvgIpc) is 2.82. The third-order valence-corrected chi connectivity index (χ3v) is 4.76. The molecule has 1 fully saturated rings. The first-order valence-corrected chi connectivity index (χ1v) is 8.39. The number of rotatable bonds is 7. The van der Waals surface area contributed by atoms with Crippen LogP contribution in [0.5, 0.6) is 0 Å². The van der Waals surface area contributed by atoms with Crippen molar-refractivity contribution in [2.75, 3.05) is 0 Å². The quantitative estimate of drug-likeness (QED) is 0.307. The van der Waals surface area contributed by atoms with Crippen LogP contribution < -0.4 is 0 Å². The first-order valence-electron chi connectivity index (χ1n) is 7.17. The lowest BCUT2D eigenvalue weighted by Gasteiger charge is -2.22. The third-order valence-electron chi connectivity index (χ3n) is 3.43. The van der Waals surface area contributed by atoms with E-state index in [-0.39, 0.29) is 21.3 Å². The lowest BCUT2D eigenvalue weighted by molar-refractivity contribution is -0.384. The number of carbonyl (C=O) groups excluding carboxylic acids is 1. The SMILES string of the molecule is O=C(O)CCC(C(=O)O)N1C(=O)/C(=C/c2cccc([N+](=O)[O-])c2)SC1=S. The molecule has 1 aromatic rings. The molecule has 0 spiro atoms. The van der Waals surface area contributed by atoms with Crippen molar-refractivity contribution in [2.45, 2.75) is 18.9 Å². The Bertz CT molecular complexity index is 837. The van der Waals surface area contributed by atoms with Gasteiger partial charge in [0.1, 0.15) is 10.4 Å². The molecule has 2 rings (SSSR count). The van der Waals surface area contributed by atoms with Crippen molar-refractivity contribution in [1.29, 1.82) is 0 Å². The van der Waals surface area contributed by atoms with Crippen LogP contribution in [0, 0.1) is 10.1 Å². The van der Waals surface area contributed by atoms with Crippen molar-refractivity contribution in [3.05, 3.63) is 44.8 Å². The van der Waals surface area contributed by atoms with Crippen LogP contribution in [0.15, 0.2) is 29.2 Å². The number of carbonyl (C=O) groups is 3. The van der Waals surface area contributed by atoms with Gasteiger partial charge in [-0.2, -0.15) is 0 Å². The number of nitro benzene ring substituents is 1. The molecule has 1 aliphatic heterocycles. The van der Waals surface area contributed by atoms with Crippen molar-refractivity contribution in [3.8, 4) is 0 Å². The summed E-state index contributed by atoms with van der Waals surface area (Å²) in [6.45, 7) is 0. The highest BCUT2D eigenvalue weighted by Gasteiger charge is 2.40. The van der Waals surface area contributed by atoms with Crippen LogP contribution in [0.1, 0.15) is 18.4 Å². The Hall–Kier alpha value is -2.79. The van der Waals surface area contributed by atoms with E-state index in [9.17, 15) is 29.6 Å². The fourth-order valence-corrected chi connectivity index (χ4v) is 3.61. The summed E-state index contributed by atoms with van der Waals surface area (Å²) < 4.78 is -0.00975. The molecule has 2 N–H and O–H groups in total. The molecule has 11 heteroatoms. The van der Waals surface area contributed by atoms with E-state index >= 15 is 0 Å². The Morgan fingerprint density at radius 2 is 2.08 bits per heavy atom. The maximum atomic E-state index is 12.5. The molecule has 1 saturated heterocycles. The van der Waals surface area contributed by atoms with Gasteiger partial charge < -0.3 is 10.2 Å². The first-order chi connectivity index (χ1) is 12.2. The zero-order valence-electron chi connectivity index (χ0n) is 13.0. The van der Waals surface area contributed by atoms with Gasteiger partial charge in [0.2, 0.25) is 0 Å². The second-order valence-corrected chi connectivity index (χ2v) is 6.87. The summed E-state index contributed by atoms with van der Waals surface area (Å²) in [6.07, 6.45) is 0.654. The minimum absolute atomic E-state index is 0.00975. The zero-order valence-corrected chi connectivity index (χ0v) is 14.7. The van der Waals surface area contributed by atoms with Crippen molar-refractivity contribution in [1.82, 2.24) is 4.90 Å². The number of non-ortho nitro benzene ring substituents is 1. The summed E-state index contributed by atoms with van der Waals surface area (Å²) in [6, 6.07) is 4.19. The van der Waals surface area contributed by atoms with Gasteiger partial charge in [0, 0.05) is 18.6 Å². The highest BCUT2D eigenvalue weighted by atomic mass is 32.2. The van der Waals surface area contributed by atoms with Gasteiger partial charge in [-0.05, 0) is 18.1 Å². The lowest BCUT2D eigenvalue weighted by atomic mass is 10.1. The second kappa shape index (κ2) is 8.06. The number of benzene rings is 1. The normalized spacial score (nSPS) is 16.8. The summed E-state index contributed by atoms with van der Waals surface area (Å²) in [5, 5.41) is 28.9. The molecule has 1 aromatic carbocycles. The van der Waals surface area contributed by atoms with Gasteiger partial charge in [0.05, 0.1) is 9.83 Å². The van der Waals surface area contributed by atoms with E-state index in [1.807, 2.05) is 0 Å². The number of carboxylic acids is 2. The Morgan fingerprint density at radius 3 is 2.65 bits per heavy atom. The number of thiocarbonyl (C=S) groups is 1. The fourth-order valence-electron chi connectivity index (χ4n) is 2.25. The molecule has 1 unspecified atom stereocenters. The topological polar surface area (TPSA) is 138 Å². The molecule has 0 aromatic heterocycles. The maximum absolute atomic E-state index is 12.5. The van der Waals surface area contributed by atoms with Gasteiger partial charge in [0.25, 0.3) is 11.6 Å². The molecule has 1 atom stereocenters. The molecule has 0 aliphatic carbocycles.